The lowest BCUT2D eigenvalue weighted by atomic mass is 10.1. The van der Waals surface area contributed by atoms with Gasteiger partial charge in [0, 0.05) is 26.4 Å². The monoisotopic (exact) mass is 288 g/mol. The summed E-state index contributed by atoms with van der Waals surface area (Å²) in [6.45, 7) is 2.20. The summed E-state index contributed by atoms with van der Waals surface area (Å²) in [5.41, 5.74) is 0. The second-order valence-electron chi connectivity index (χ2n) is 4.50. The Morgan fingerprint density at radius 2 is 2.00 bits per heavy atom. The predicted molar refractivity (Wildman–Crippen MR) is 73.0 cm³/mol. The Bertz CT molecular complexity index is 362. The van der Waals surface area contributed by atoms with Gasteiger partial charge in [-0.15, -0.1) is 0 Å². The van der Waals surface area contributed by atoms with Crippen molar-refractivity contribution < 1.29 is 19.5 Å². The average molecular weight is 288 g/mol. The van der Waals surface area contributed by atoms with Crippen LogP contribution < -0.4 is 0 Å². The first kappa shape index (κ1) is 15.8. The van der Waals surface area contributed by atoms with Crippen LogP contribution in [-0.2, 0) is 14.4 Å². The summed E-state index contributed by atoms with van der Waals surface area (Å²) in [4.78, 5) is 37.4. The first-order valence-corrected chi connectivity index (χ1v) is 7.63. The van der Waals surface area contributed by atoms with Gasteiger partial charge in [0.05, 0.1) is 6.54 Å². The Kier molecular flexibility index (Phi) is 6.14. The molecule has 1 aliphatic rings. The molecule has 0 spiro atoms. The van der Waals surface area contributed by atoms with E-state index < -0.39 is 12.0 Å². The van der Waals surface area contributed by atoms with Crippen LogP contribution >= 0.6 is 11.8 Å². The van der Waals surface area contributed by atoms with Crippen molar-refractivity contribution in [2.45, 2.75) is 25.8 Å². The van der Waals surface area contributed by atoms with Gasteiger partial charge in [-0.05, 0) is 18.4 Å². The molecule has 0 saturated carbocycles. The zero-order chi connectivity index (χ0) is 14.4. The van der Waals surface area contributed by atoms with E-state index in [0.717, 1.165) is 12.2 Å². The number of hydrogen-bond acceptors (Lipinski definition) is 4. The third-order valence-corrected chi connectivity index (χ3v) is 3.87. The Hall–Kier alpha value is -1.24. The number of carbonyl (C=O) groups is 3. The van der Waals surface area contributed by atoms with Crippen molar-refractivity contribution in [3.8, 4) is 0 Å². The van der Waals surface area contributed by atoms with E-state index in [9.17, 15) is 19.5 Å². The summed E-state index contributed by atoms with van der Waals surface area (Å²) < 4.78 is 0. The molecular formula is C12H20N2O4S. The van der Waals surface area contributed by atoms with Crippen molar-refractivity contribution in [2.75, 3.05) is 31.6 Å². The SMILES string of the molecule is CSCCCC(=O)N1CCN(C(C)=O)CC1C(=O)O. The van der Waals surface area contributed by atoms with Gasteiger partial charge in [-0.25, -0.2) is 4.79 Å². The fraction of sp³-hybridized carbons (Fsp3) is 0.750. The molecule has 1 unspecified atom stereocenters. The highest BCUT2D eigenvalue weighted by Gasteiger charge is 2.35. The highest BCUT2D eigenvalue weighted by Crippen LogP contribution is 2.13. The molecule has 0 aromatic rings. The number of thioether (sulfide) groups is 1. The van der Waals surface area contributed by atoms with Gasteiger partial charge >= 0.3 is 5.97 Å². The number of amides is 2. The number of carboxylic acid groups (broad SMARTS) is 1. The molecule has 1 heterocycles. The normalized spacial score (nSPS) is 19.4. The topological polar surface area (TPSA) is 77.9 Å². The van der Waals surface area contributed by atoms with Crippen LogP contribution in [0.25, 0.3) is 0 Å². The van der Waals surface area contributed by atoms with Crippen molar-refractivity contribution >= 4 is 29.5 Å². The van der Waals surface area contributed by atoms with Gasteiger partial charge in [0.2, 0.25) is 11.8 Å². The predicted octanol–water partition coefficient (Wildman–Crippen LogP) is 0.274. The molecular weight excluding hydrogens is 268 g/mol. The highest BCUT2D eigenvalue weighted by atomic mass is 32.2. The number of aliphatic carboxylic acids is 1. The van der Waals surface area contributed by atoms with E-state index >= 15 is 0 Å². The lowest BCUT2D eigenvalue weighted by Crippen LogP contribution is -2.59. The maximum atomic E-state index is 12.0. The number of nitrogens with zero attached hydrogens (tertiary/aromatic N) is 2. The van der Waals surface area contributed by atoms with Crippen LogP contribution in [0.4, 0.5) is 0 Å². The largest absolute Gasteiger partial charge is 0.480 e. The van der Waals surface area contributed by atoms with Crippen LogP contribution in [0.2, 0.25) is 0 Å². The molecule has 6 nitrogen and oxygen atoms in total. The fourth-order valence-electron chi connectivity index (χ4n) is 2.09. The molecule has 0 aromatic heterocycles. The van der Waals surface area contributed by atoms with E-state index in [0.29, 0.717) is 19.5 Å². The van der Waals surface area contributed by atoms with Crippen LogP contribution in [-0.4, -0.2) is 70.4 Å². The van der Waals surface area contributed by atoms with Gasteiger partial charge in [-0.3, -0.25) is 9.59 Å². The summed E-state index contributed by atoms with van der Waals surface area (Å²) in [6, 6.07) is -0.917. The van der Waals surface area contributed by atoms with E-state index in [2.05, 4.69) is 0 Å². The minimum Gasteiger partial charge on any atom is -0.480 e. The average Bonchev–Trinajstić information content (AvgIpc) is 2.38. The number of piperazine rings is 1. The summed E-state index contributed by atoms with van der Waals surface area (Å²) in [5, 5.41) is 9.19. The lowest BCUT2D eigenvalue weighted by Gasteiger charge is -2.39. The minimum absolute atomic E-state index is 0.0823. The Labute approximate surface area is 117 Å². The maximum Gasteiger partial charge on any atom is 0.328 e. The standard InChI is InChI=1S/C12H20N2O4S/c1-9(15)13-5-6-14(10(8-13)12(17)18)11(16)4-3-7-19-2/h10H,3-8H2,1-2H3,(H,17,18). The van der Waals surface area contributed by atoms with E-state index in [1.54, 1.807) is 11.8 Å². The first-order valence-electron chi connectivity index (χ1n) is 6.24. The second-order valence-corrected chi connectivity index (χ2v) is 5.49. The van der Waals surface area contributed by atoms with Gasteiger partial charge in [0.25, 0.3) is 0 Å². The summed E-state index contributed by atoms with van der Waals surface area (Å²) >= 11 is 1.66. The molecule has 108 valence electrons. The van der Waals surface area contributed by atoms with Gasteiger partial charge in [-0.1, -0.05) is 0 Å². The molecule has 19 heavy (non-hydrogen) atoms. The van der Waals surface area contributed by atoms with Gasteiger partial charge in [0.1, 0.15) is 6.04 Å². The van der Waals surface area contributed by atoms with Gasteiger partial charge < -0.3 is 14.9 Å². The number of hydrogen-bond donors (Lipinski definition) is 1. The smallest absolute Gasteiger partial charge is 0.328 e. The van der Waals surface area contributed by atoms with Crippen LogP contribution in [0.3, 0.4) is 0 Å². The van der Waals surface area contributed by atoms with Crippen molar-refractivity contribution in [2.24, 2.45) is 0 Å². The van der Waals surface area contributed by atoms with Crippen molar-refractivity contribution in [1.82, 2.24) is 9.80 Å². The molecule has 2 amide bonds. The molecule has 7 heteroatoms. The molecule has 1 aliphatic heterocycles. The van der Waals surface area contributed by atoms with Crippen LogP contribution in [0.15, 0.2) is 0 Å². The maximum absolute atomic E-state index is 12.0. The van der Waals surface area contributed by atoms with E-state index in [1.807, 2.05) is 6.26 Å². The summed E-state index contributed by atoms with van der Waals surface area (Å²) in [6.07, 6.45) is 3.08. The molecule has 1 N–H and O–H groups in total. The van der Waals surface area contributed by atoms with Crippen molar-refractivity contribution in [3.63, 3.8) is 0 Å². The Balaban J connectivity index is 2.63. The molecule has 1 fully saturated rings. The lowest BCUT2D eigenvalue weighted by molar-refractivity contribution is -0.155. The summed E-state index contributed by atoms with van der Waals surface area (Å²) in [7, 11) is 0. The fourth-order valence-corrected chi connectivity index (χ4v) is 2.52. The van der Waals surface area contributed by atoms with E-state index in [-0.39, 0.29) is 18.4 Å². The zero-order valence-corrected chi connectivity index (χ0v) is 12.1. The Morgan fingerprint density at radius 1 is 1.32 bits per heavy atom. The van der Waals surface area contributed by atoms with Crippen molar-refractivity contribution in [1.29, 1.82) is 0 Å². The number of carboxylic acids is 1. The van der Waals surface area contributed by atoms with Crippen LogP contribution in [0, 0.1) is 0 Å². The van der Waals surface area contributed by atoms with Gasteiger partial charge in [0.15, 0.2) is 0 Å². The number of rotatable bonds is 5. The zero-order valence-electron chi connectivity index (χ0n) is 11.3. The van der Waals surface area contributed by atoms with E-state index in [1.165, 1.54) is 16.7 Å². The van der Waals surface area contributed by atoms with E-state index in [4.69, 9.17) is 0 Å². The van der Waals surface area contributed by atoms with Gasteiger partial charge in [-0.2, -0.15) is 11.8 Å². The Morgan fingerprint density at radius 3 is 2.53 bits per heavy atom. The van der Waals surface area contributed by atoms with Crippen LogP contribution in [0.5, 0.6) is 0 Å². The van der Waals surface area contributed by atoms with Crippen LogP contribution in [0.1, 0.15) is 19.8 Å². The number of carbonyl (C=O) groups excluding carboxylic acids is 2. The second kappa shape index (κ2) is 7.37. The molecule has 0 bridgehead atoms. The molecule has 0 aromatic carbocycles. The molecule has 0 radical (unpaired) electrons. The van der Waals surface area contributed by atoms with Crippen molar-refractivity contribution in [3.05, 3.63) is 0 Å². The molecule has 1 atom stereocenters. The highest BCUT2D eigenvalue weighted by molar-refractivity contribution is 7.98. The molecule has 1 rings (SSSR count). The molecule has 0 aliphatic carbocycles. The third-order valence-electron chi connectivity index (χ3n) is 3.17. The molecule has 1 saturated heterocycles. The third kappa shape index (κ3) is 4.41. The quantitative estimate of drug-likeness (QED) is 0.735. The first-order chi connectivity index (χ1) is 8.97. The summed E-state index contributed by atoms with van der Waals surface area (Å²) in [5.74, 6) is -0.453. The minimum atomic E-state index is -1.05.